The van der Waals surface area contributed by atoms with E-state index in [0.29, 0.717) is 5.54 Å². The van der Waals surface area contributed by atoms with Gasteiger partial charge in [0.05, 0.1) is 0 Å². The molecule has 0 aliphatic heterocycles. The Morgan fingerprint density at radius 1 is 1.67 bits per heavy atom. The Balaban J connectivity index is 2.00. The Morgan fingerprint density at radius 2 is 2.33 bits per heavy atom. The first-order valence-corrected chi connectivity index (χ1v) is 3.45. The van der Waals surface area contributed by atoms with Crippen LogP contribution in [0.2, 0.25) is 0 Å². The molecule has 1 aliphatic rings. The van der Waals surface area contributed by atoms with Crippen LogP contribution in [-0.2, 0) is 0 Å². The van der Waals surface area contributed by atoms with Gasteiger partial charge >= 0.3 is 0 Å². The Morgan fingerprint density at radius 3 is 2.78 bits per heavy atom. The van der Waals surface area contributed by atoms with Crippen LogP contribution in [0.1, 0.15) is 26.2 Å². The van der Waals surface area contributed by atoms with E-state index in [1.54, 1.807) is 0 Å². The summed E-state index contributed by atoms with van der Waals surface area (Å²) in [5, 5.41) is 3.39. The van der Waals surface area contributed by atoms with Crippen LogP contribution in [0.15, 0.2) is 0 Å². The quantitative estimate of drug-likeness (QED) is 0.438. The van der Waals surface area contributed by atoms with Gasteiger partial charge in [-0.15, -0.1) is 12.3 Å². The van der Waals surface area contributed by atoms with Crippen LogP contribution in [0.3, 0.4) is 0 Å². The van der Waals surface area contributed by atoms with E-state index in [0.717, 1.165) is 13.0 Å². The van der Waals surface area contributed by atoms with Gasteiger partial charge in [-0.05, 0) is 19.8 Å². The molecule has 1 heteroatoms. The SMILES string of the molecule is C#CCCNC1(C)CC1. The van der Waals surface area contributed by atoms with Crippen LogP contribution in [0.4, 0.5) is 0 Å². The second kappa shape index (κ2) is 2.41. The third-order valence-corrected chi connectivity index (χ3v) is 1.82. The molecule has 0 aromatic heterocycles. The molecule has 1 rings (SSSR count). The second-order valence-electron chi connectivity index (χ2n) is 2.94. The maximum atomic E-state index is 5.09. The minimum absolute atomic E-state index is 0.455. The third-order valence-electron chi connectivity index (χ3n) is 1.82. The summed E-state index contributed by atoms with van der Waals surface area (Å²) in [5.74, 6) is 2.61. The standard InChI is InChI=1S/C8H13N/c1-3-4-7-9-8(2)5-6-8/h1,9H,4-7H2,2H3. The Kier molecular flexibility index (Phi) is 1.78. The van der Waals surface area contributed by atoms with Crippen molar-refractivity contribution in [3.05, 3.63) is 0 Å². The van der Waals surface area contributed by atoms with Crippen LogP contribution in [-0.4, -0.2) is 12.1 Å². The van der Waals surface area contributed by atoms with E-state index >= 15 is 0 Å². The molecule has 0 amide bonds. The molecule has 0 bridgehead atoms. The van der Waals surface area contributed by atoms with Crippen LogP contribution in [0.5, 0.6) is 0 Å². The summed E-state index contributed by atoms with van der Waals surface area (Å²) < 4.78 is 0. The highest BCUT2D eigenvalue weighted by atomic mass is 15.0. The fourth-order valence-electron chi connectivity index (χ4n) is 0.801. The van der Waals surface area contributed by atoms with Gasteiger partial charge in [-0.25, -0.2) is 0 Å². The van der Waals surface area contributed by atoms with Crippen molar-refractivity contribution < 1.29 is 0 Å². The van der Waals surface area contributed by atoms with Crippen molar-refractivity contribution in [3.63, 3.8) is 0 Å². The second-order valence-corrected chi connectivity index (χ2v) is 2.94. The fourth-order valence-corrected chi connectivity index (χ4v) is 0.801. The van der Waals surface area contributed by atoms with Gasteiger partial charge < -0.3 is 5.32 Å². The maximum absolute atomic E-state index is 5.09. The molecule has 0 unspecified atom stereocenters. The molecule has 9 heavy (non-hydrogen) atoms. The lowest BCUT2D eigenvalue weighted by Gasteiger charge is -2.07. The van der Waals surface area contributed by atoms with Crippen molar-refractivity contribution in [1.82, 2.24) is 5.32 Å². The minimum atomic E-state index is 0.455. The van der Waals surface area contributed by atoms with Crippen LogP contribution >= 0.6 is 0 Å². The summed E-state index contributed by atoms with van der Waals surface area (Å²) in [7, 11) is 0. The van der Waals surface area contributed by atoms with Gasteiger partial charge in [-0.2, -0.15) is 0 Å². The summed E-state index contributed by atoms with van der Waals surface area (Å²) in [6.45, 7) is 3.22. The van der Waals surface area contributed by atoms with Gasteiger partial charge in [0.2, 0.25) is 0 Å². The average molecular weight is 123 g/mol. The lowest BCUT2D eigenvalue weighted by Crippen LogP contribution is -2.28. The van der Waals surface area contributed by atoms with E-state index in [4.69, 9.17) is 6.42 Å². The maximum Gasteiger partial charge on any atom is 0.0212 e. The first-order valence-electron chi connectivity index (χ1n) is 3.45. The molecule has 50 valence electrons. The number of hydrogen-bond donors (Lipinski definition) is 1. The van der Waals surface area contributed by atoms with Gasteiger partial charge in [-0.1, -0.05) is 0 Å². The van der Waals surface area contributed by atoms with Crippen LogP contribution in [0, 0.1) is 12.3 Å². The van der Waals surface area contributed by atoms with E-state index in [2.05, 4.69) is 18.2 Å². The number of terminal acetylenes is 1. The Labute approximate surface area is 56.8 Å². The number of rotatable bonds is 3. The molecule has 0 aromatic carbocycles. The summed E-state index contributed by atoms with van der Waals surface area (Å²) in [4.78, 5) is 0. The zero-order chi connectivity index (χ0) is 6.74. The fraction of sp³-hybridized carbons (Fsp3) is 0.750. The van der Waals surface area contributed by atoms with E-state index < -0.39 is 0 Å². The van der Waals surface area contributed by atoms with E-state index in [1.165, 1.54) is 12.8 Å². The van der Waals surface area contributed by atoms with Crippen LogP contribution < -0.4 is 5.32 Å². The topological polar surface area (TPSA) is 12.0 Å². The summed E-state index contributed by atoms with van der Waals surface area (Å²) in [6.07, 6.45) is 8.58. The molecule has 1 fully saturated rings. The summed E-state index contributed by atoms with van der Waals surface area (Å²) in [5.41, 5.74) is 0.455. The zero-order valence-electron chi connectivity index (χ0n) is 5.91. The minimum Gasteiger partial charge on any atom is -0.311 e. The van der Waals surface area contributed by atoms with Gasteiger partial charge in [0, 0.05) is 18.5 Å². The average Bonchev–Trinajstić information content (AvgIpc) is 2.50. The number of nitrogens with one attached hydrogen (secondary N) is 1. The van der Waals surface area contributed by atoms with Crippen LogP contribution in [0.25, 0.3) is 0 Å². The molecular weight excluding hydrogens is 110 g/mol. The monoisotopic (exact) mass is 123 g/mol. The van der Waals surface area contributed by atoms with Gasteiger partial charge in [0.1, 0.15) is 0 Å². The zero-order valence-corrected chi connectivity index (χ0v) is 5.91. The lowest BCUT2D eigenvalue weighted by atomic mass is 10.3. The van der Waals surface area contributed by atoms with Gasteiger partial charge in [0.15, 0.2) is 0 Å². The summed E-state index contributed by atoms with van der Waals surface area (Å²) in [6, 6.07) is 0. The third kappa shape index (κ3) is 2.07. The lowest BCUT2D eigenvalue weighted by molar-refractivity contribution is 0.547. The molecule has 1 N–H and O–H groups in total. The molecule has 1 aliphatic carbocycles. The number of hydrogen-bond acceptors (Lipinski definition) is 1. The Bertz CT molecular complexity index is 128. The molecule has 0 saturated heterocycles. The van der Waals surface area contributed by atoms with Crippen molar-refractivity contribution >= 4 is 0 Å². The highest BCUT2D eigenvalue weighted by Crippen LogP contribution is 2.33. The molecule has 0 atom stereocenters. The predicted octanol–water partition coefficient (Wildman–Crippen LogP) is 1.15. The van der Waals surface area contributed by atoms with Crippen molar-refractivity contribution in [2.45, 2.75) is 31.7 Å². The van der Waals surface area contributed by atoms with Gasteiger partial charge in [-0.3, -0.25) is 0 Å². The summed E-state index contributed by atoms with van der Waals surface area (Å²) >= 11 is 0. The molecule has 0 heterocycles. The van der Waals surface area contributed by atoms with Crippen molar-refractivity contribution in [3.8, 4) is 12.3 Å². The van der Waals surface area contributed by atoms with Gasteiger partial charge in [0.25, 0.3) is 0 Å². The molecule has 0 aromatic rings. The molecule has 1 nitrogen and oxygen atoms in total. The van der Waals surface area contributed by atoms with Crippen molar-refractivity contribution in [1.29, 1.82) is 0 Å². The highest BCUT2D eigenvalue weighted by Gasteiger charge is 2.35. The Hall–Kier alpha value is -0.480. The molecule has 0 radical (unpaired) electrons. The molecule has 0 spiro atoms. The van der Waals surface area contributed by atoms with E-state index in [-0.39, 0.29) is 0 Å². The first kappa shape index (κ1) is 6.64. The van der Waals surface area contributed by atoms with Crippen molar-refractivity contribution in [2.75, 3.05) is 6.54 Å². The van der Waals surface area contributed by atoms with E-state index in [1.807, 2.05) is 0 Å². The normalized spacial score (nSPS) is 20.9. The van der Waals surface area contributed by atoms with E-state index in [9.17, 15) is 0 Å². The predicted molar refractivity (Wildman–Crippen MR) is 39.1 cm³/mol. The molecular formula is C8H13N. The molecule has 1 saturated carbocycles. The smallest absolute Gasteiger partial charge is 0.0212 e. The highest BCUT2D eigenvalue weighted by molar-refractivity contribution is 4.98. The largest absolute Gasteiger partial charge is 0.311 e. The first-order chi connectivity index (χ1) is 4.27. The van der Waals surface area contributed by atoms with Crippen molar-refractivity contribution in [2.24, 2.45) is 0 Å².